The predicted octanol–water partition coefficient (Wildman–Crippen LogP) is 0.217. The highest BCUT2D eigenvalue weighted by molar-refractivity contribution is 5.74. The Hall–Kier alpha value is -1.42. The minimum Gasteiger partial charge on any atom is -0.370 e. The zero-order valence-electron chi connectivity index (χ0n) is 8.02. The van der Waals surface area contributed by atoms with Gasteiger partial charge in [0.1, 0.15) is 0 Å². The molecular weight excluding hydrogens is 178 g/mol. The first kappa shape index (κ1) is 10.7. The molecule has 1 atom stereocenters. The largest absolute Gasteiger partial charge is 0.370 e. The first-order valence-corrected chi connectivity index (χ1v) is 4.62. The second-order valence-electron chi connectivity index (χ2n) is 3.29. The van der Waals surface area contributed by atoms with Crippen LogP contribution in [-0.2, 0) is 11.2 Å². The van der Waals surface area contributed by atoms with E-state index in [0.29, 0.717) is 0 Å². The van der Waals surface area contributed by atoms with Crippen molar-refractivity contribution in [1.82, 2.24) is 4.98 Å². The van der Waals surface area contributed by atoms with Gasteiger partial charge in [-0.15, -0.1) is 0 Å². The molecule has 0 saturated heterocycles. The second kappa shape index (κ2) is 5.34. The smallest absolute Gasteiger partial charge is 0.218 e. The van der Waals surface area contributed by atoms with Crippen LogP contribution in [-0.4, -0.2) is 16.9 Å². The van der Waals surface area contributed by atoms with Gasteiger partial charge < -0.3 is 11.5 Å². The van der Waals surface area contributed by atoms with Crippen molar-refractivity contribution in [2.45, 2.75) is 25.3 Å². The summed E-state index contributed by atoms with van der Waals surface area (Å²) in [5.74, 6) is -0.349. The average Bonchev–Trinajstić information content (AvgIpc) is 2.15. The summed E-state index contributed by atoms with van der Waals surface area (Å²) in [6.45, 7) is 0. The van der Waals surface area contributed by atoms with Crippen molar-refractivity contribution in [2.75, 3.05) is 0 Å². The molecule has 1 unspecified atom stereocenters. The van der Waals surface area contributed by atoms with Gasteiger partial charge in [-0.1, -0.05) is 6.07 Å². The Morgan fingerprint density at radius 2 is 2.29 bits per heavy atom. The number of carbonyl (C=O) groups excluding carboxylic acids is 1. The van der Waals surface area contributed by atoms with Crippen LogP contribution >= 0.6 is 0 Å². The van der Waals surface area contributed by atoms with Gasteiger partial charge in [0, 0.05) is 24.4 Å². The predicted molar refractivity (Wildman–Crippen MR) is 54.3 cm³/mol. The van der Waals surface area contributed by atoms with E-state index in [0.717, 1.165) is 18.5 Å². The molecule has 0 fully saturated rings. The normalized spacial score (nSPS) is 12.4. The number of hydrogen-bond acceptors (Lipinski definition) is 3. The number of rotatable bonds is 5. The highest BCUT2D eigenvalue weighted by Gasteiger charge is 2.06. The Morgan fingerprint density at radius 1 is 1.50 bits per heavy atom. The standard InChI is InChI=1S/C10H15N3O/c11-8(7-10(12)14)4-5-9-3-1-2-6-13-9/h1-3,6,8H,4-5,7,11H2,(H2,12,14). The molecule has 0 aliphatic rings. The van der Waals surface area contributed by atoms with Crippen molar-refractivity contribution in [1.29, 1.82) is 0 Å². The van der Waals surface area contributed by atoms with Crippen LogP contribution in [0.15, 0.2) is 24.4 Å². The lowest BCUT2D eigenvalue weighted by Crippen LogP contribution is -2.27. The molecule has 0 aliphatic carbocycles. The van der Waals surface area contributed by atoms with Crippen LogP contribution in [0.2, 0.25) is 0 Å². The van der Waals surface area contributed by atoms with Gasteiger partial charge in [0.05, 0.1) is 0 Å². The molecule has 0 radical (unpaired) electrons. The number of nitrogens with zero attached hydrogens (tertiary/aromatic N) is 1. The van der Waals surface area contributed by atoms with Crippen molar-refractivity contribution in [3.8, 4) is 0 Å². The second-order valence-corrected chi connectivity index (χ2v) is 3.29. The van der Waals surface area contributed by atoms with Gasteiger partial charge in [0.2, 0.25) is 5.91 Å². The third kappa shape index (κ3) is 4.00. The number of amides is 1. The number of nitrogens with two attached hydrogens (primary N) is 2. The lowest BCUT2D eigenvalue weighted by molar-refractivity contribution is -0.118. The summed E-state index contributed by atoms with van der Waals surface area (Å²) in [6.07, 6.45) is 3.51. The zero-order valence-corrected chi connectivity index (χ0v) is 8.02. The van der Waals surface area contributed by atoms with Gasteiger partial charge >= 0.3 is 0 Å². The van der Waals surface area contributed by atoms with Crippen LogP contribution in [0.25, 0.3) is 0 Å². The van der Waals surface area contributed by atoms with E-state index >= 15 is 0 Å². The number of primary amides is 1. The number of carbonyl (C=O) groups is 1. The fourth-order valence-corrected chi connectivity index (χ4v) is 1.24. The van der Waals surface area contributed by atoms with Crippen LogP contribution < -0.4 is 11.5 Å². The SMILES string of the molecule is NC(=O)CC(N)CCc1ccccn1. The van der Waals surface area contributed by atoms with Gasteiger partial charge in [-0.3, -0.25) is 9.78 Å². The summed E-state index contributed by atoms with van der Waals surface area (Å²) in [4.78, 5) is 14.7. The van der Waals surface area contributed by atoms with E-state index in [2.05, 4.69) is 4.98 Å². The maximum atomic E-state index is 10.5. The molecule has 0 bridgehead atoms. The molecule has 1 heterocycles. The van der Waals surface area contributed by atoms with E-state index in [1.165, 1.54) is 0 Å². The fourth-order valence-electron chi connectivity index (χ4n) is 1.24. The van der Waals surface area contributed by atoms with E-state index in [4.69, 9.17) is 11.5 Å². The first-order chi connectivity index (χ1) is 6.68. The number of aromatic nitrogens is 1. The summed E-state index contributed by atoms with van der Waals surface area (Å²) in [6, 6.07) is 5.58. The molecule has 1 aromatic rings. The molecule has 4 N–H and O–H groups in total. The summed E-state index contributed by atoms with van der Waals surface area (Å²) < 4.78 is 0. The maximum absolute atomic E-state index is 10.5. The highest BCUT2D eigenvalue weighted by atomic mass is 16.1. The van der Waals surface area contributed by atoms with E-state index in [1.54, 1.807) is 6.20 Å². The Labute approximate surface area is 83.3 Å². The van der Waals surface area contributed by atoms with Gasteiger partial charge in [-0.2, -0.15) is 0 Å². The van der Waals surface area contributed by atoms with Crippen molar-refractivity contribution in [3.63, 3.8) is 0 Å². The summed E-state index contributed by atoms with van der Waals surface area (Å²) in [7, 11) is 0. The minimum atomic E-state index is -0.349. The van der Waals surface area contributed by atoms with Gasteiger partial charge in [-0.25, -0.2) is 0 Å². The summed E-state index contributed by atoms with van der Waals surface area (Å²) >= 11 is 0. The maximum Gasteiger partial charge on any atom is 0.218 e. The van der Waals surface area contributed by atoms with Gasteiger partial charge in [-0.05, 0) is 25.0 Å². The molecule has 4 heteroatoms. The number of pyridine rings is 1. The molecule has 14 heavy (non-hydrogen) atoms. The lowest BCUT2D eigenvalue weighted by atomic mass is 10.1. The van der Waals surface area contributed by atoms with Crippen LogP contribution in [0.1, 0.15) is 18.5 Å². The quantitative estimate of drug-likeness (QED) is 0.701. The summed E-state index contributed by atoms with van der Waals surface area (Å²) in [5.41, 5.74) is 11.7. The number of hydrogen-bond donors (Lipinski definition) is 2. The van der Waals surface area contributed by atoms with Crippen molar-refractivity contribution < 1.29 is 4.79 Å². The average molecular weight is 193 g/mol. The van der Waals surface area contributed by atoms with Crippen molar-refractivity contribution in [3.05, 3.63) is 30.1 Å². The molecule has 0 saturated carbocycles. The minimum absolute atomic E-state index is 0.158. The highest BCUT2D eigenvalue weighted by Crippen LogP contribution is 2.02. The van der Waals surface area contributed by atoms with Crippen LogP contribution in [0.3, 0.4) is 0 Å². The van der Waals surface area contributed by atoms with Gasteiger partial charge in [0.25, 0.3) is 0 Å². The Bertz CT molecular complexity index is 287. The van der Waals surface area contributed by atoms with Crippen molar-refractivity contribution in [2.24, 2.45) is 11.5 Å². The Kier molecular flexibility index (Phi) is 4.07. The molecule has 76 valence electrons. The van der Waals surface area contributed by atoms with E-state index in [9.17, 15) is 4.79 Å². The summed E-state index contributed by atoms with van der Waals surface area (Å²) in [5, 5.41) is 0. The Balaban J connectivity index is 2.30. The monoisotopic (exact) mass is 193 g/mol. The van der Waals surface area contributed by atoms with Crippen molar-refractivity contribution >= 4 is 5.91 Å². The van der Waals surface area contributed by atoms with E-state index in [-0.39, 0.29) is 18.4 Å². The molecule has 0 aliphatic heterocycles. The molecule has 4 nitrogen and oxygen atoms in total. The topological polar surface area (TPSA) is 82.0 Å². The molecular formula is C10H15N3O. The molecule has 1 rings (SSSR count). The van der Waals surface area contributed by atoms with Crippen LogP contribution in [0.4, 0.5) is 0 Å². The van der Waals surface area contributed by atoms with Crippen LogP contribution in [0.5, 0.6) is 0 Å². The first-order valence-electron chi connectivity index (χ1n) is 4.62. The van der Waals surface area contributed by atoms with E-state index in [1.807, 2.05) is 18.2 Å². The van der Waals surface area contributed by atoms with E-state index < -0.39 is 0 Å². The molecule has 0 spiro atoms. The van der Waals surface area contributed by atoms with Crippen LogP contribution in [0, 0.1) is 0 Å². The third-order valence-corrected chi connectivity index (χ3v) is 1.96. The number of aryl methyl sites for hydroxylation is 1. The fraction of sp³-hybridized carbons (Fsp3) is 0.400. The molecule has 0 aromatic carbocycles. The Morgan fingerprint density at radius 3 is 2.86 bits per heavy atom. The lowest BCUT2D eigenvalue weighted by Gasteiger charge is -2.07. The molecule has 1 aromatic heterocycles. The van der Waals surface area contributed by atoms with Gasteiger partial charge in [0.15, 0.2) is 0 Å². The molecule has 1 amide bonds. The third-order valence-electron chi connectivity index (χ3n) is 1.96. The zero-order chi connectivity index (χ0) is 10.4.